The molecule has 0 aliphatic heterocycles. The molecule has 0 spiro atoms. The highest BCUT2D eigenvalue weighted by Gasteiger charge is 2.10. The third-order valence-corrected chi connectivity index (χ3v) is 1.50. The summed E-state index contributed by atoms with van der Waals surface area (Å²) in [4.78, 5) is 9.85. The first-order chi connectivity index (χ1) is 4.70. The molecule has 0 aromatic heterocycles. The van der Waals surface area contributed by atoms with Crippen LogP contribution < -0.4 is 0 Å². The van der Waals surface area contributed by atoms with E-state index in [9.17, 15) is 10.1 Å². The third kappa shape index (κ3) is 1.43. The second-order valence-electron chi connectivity index (χ2n) is 2.42. The molecular weight excluding hydrogens is 130 g/mol. The Hall–Kier alpha value is -1.12. The molecule has 0 aromatic rings. The average Bonchev–Trinajstić information content (AvgIpc) is 1.88. The molecule has 0 unspecified atom stereocenters. The lowest BCUT2D eigenvalue weighted by molar-refractivity contribution is -0.419. The Morgan fingerprint density at radius 3 is 2.80 bits per heavy atom. The van der Waals surface area contributed by atoms with Crippen LogP contribution in [-0.2, 0) is 0 Å². The van der Waals surface area contributed by atoms with Crippen LogP contribution in [0.1, 0.15) is 19.8 Å². The fraction of sp³-hybridized carbons (Fsp3) is 0.429. The van der Waals surface area contributed by atoms with Gasteiger partial charge in [0.2, 0.25) is 0 Å². The van der Waals surface area contributed by atoms with Gasteiger partial charge < -0.3 is 0 Å². The zero-order chi connectivity index (χ0) is 7.56. The number of hydrogen-bond donors (Lipinski definition) is 0. The maximum atomic E-state index is 10.2. The van der Waals surface area contributed by atoms with E-state index in [2.05, 4.69) is 0 Å². The molecule has 0 N–H and O–H groups in total. The number of rotatable bonds is 1. The van der Waals surface area contributed by atoms with Gasteiger partial charge in [0.05, 0.1) is 4.92 Å². The van der Waals surface area contributed by atoms with Crippen LogP contribution >= 0.6 is 0 Å². The van der Waals surface area contributed by atoms with E-state index in [1.54, 1.807) is 12.2 Å². The van der Waals surface area contributed by atoms with Crippen molar-refractivity contribution in [1.82, 2.24) is 0 Å². The van der Waals surface area contributed by atoms with Crippen LogP contribution in [0.25, 0.3) is 0 Å². The Balaban J connectivity index is 2.79. The van der Waals surface area contributed by atoms with Gasteiger partial charge in [-0.2, -0.15) is 0 Å². The Bertz CT molecular complexity index is 216. The smallest absolute Gasteiger partial charge is 0.258 e. The van der Waals surface area contributed by atoms with Crippen molar-refractivity contribution in [2.75, 3.05) is 0 Å². The second kappa shape index (κ2) is 2.64. The SMILES string of the molecule is CC1=CC([N+](=O)[O-])=CCC1. The Morgan fingerprint density at radius 2 is 2.40 bits per heavy atom. The summed E-state index contributed by atoms with van der Waals surface area (Å²) in [6.07, 6.45) is 5.05. The molecule has 0 atom stereocenters. The standard InChI is InChI=1S/C7H9NO2/c1-6-3-2-4-7(5-6)8(9)10/h4-5H,2-3H2,1H3. The first-order valence-electron chi connectivity index (χ1n) is 3.22. The molecule has 54 valence electrons. The van der Waals surface area contributed by atoms with Crippen LogP contribution in [0.4, 0.5) is 0 Å². The van der Waals surface area contributed by atoms with Crippen molar-refractivity contribution >= 4 is 0 Å². The molecular formula is C7H9NO2. The van der Waals surface area contributed by atoms with Gasteiger partial charge in [-0.3, -0.25) is 10.1 Å². The third-order valence-electron chi connectivity index (χ3n) is 1.50. The van der Waals surface area contributed by atoms with Gasteiger partial charge in [0.25, 0.3) is 5.70 Å². The molecule has 0 bridgehead atoms. The minimum atomic E-state index is -0.345. The van der Waals surface area contributed by atoms with Gasteiger partial charge in [0.1, 0.15) is 0 Å². The van der Waals surface area contributed by atoms with E-state index in [4.69, 9.17) is 0 Å². The predicted octanol–water partition coefficient (Wildman–Crippen LogP) is 1.89. The molecule has 0 heterocycles. The molecule has 3 nitrogen and oxygen atoms in total. The molecule has 0 saturated heterocycles. The van der Waals surface area contributed by atoms with E-state index in [0.717, 1.165) is 18.4 Å². The highest BCUT2D eigenvalue weighted by Crippen LogP contribution is 2.16. The summed E-state index contributed by atoms with van der Waals surface area (Å²) in [6.45, 7) is 1.91. The minimum absolute atomic E-state index is 0.240. The Kier molecular flexibility index (Phi) is 1.85. The van der Waals surface area contributed by atoms with Crippen LogP contribution in [0.5, 0.6) is 0 Å². The molecule has 0 radical (unpaired) electrons. The first kappa shape index (κ1) is 6.99. The zero-order valence-electron chi connectivity index (χ0n) is 5.83. The quantitative estimate of drug-likeness (QED) is 0.411. The van der Waals surface area contributed by atoms with Crippen LogP contribution in [0, 0.1) is 10.1 Å². The van der Waals surface area contributed by atoms with Crippen molar-refractivity contribution < 1.29 is 4.92 Å². The summed E-state index contributed by atoms with van der Waals surface area (Å²) in [7, 11) is 0. The highest BCUT2D eigenvalue weighted by molar-refractivity contribution is 5.20. The molecule has 0 saturated carbocycles. The fourth-order valence-electron chi connectivity index (χ4n) is 0.959. The topological polar surface area (TPSA) is 43.1 Å². The van der Waals surface area contributed by atoms with Gasteiger partial charge >= 0.3 is 0 Å². The van der Waals surface area contributed by atoms with Gasteiger partial charge in [-0.1, -0.05) is 5.57 Å². The summed E-state index contributed by atoms with van der Waals surface area (Å²) < 4.78 is 0. The lowest BCUT2D eigenvalue weighted by Gasteiger charge is -2.02. The van der Waals surface area contributed by atoms with Gasteiger partial charge in [-0.15, -0.1) is 0 Å². The van der Waals surface area contributed by atoms with E-state index >= 15 is 0 Å². The number of allylic oxidation sites excluding steroid dienone is 3. The number of nitro groups is 1. The summed E-state index contributed by atoms with van der Waals surface area (Å²) in [5.74, 6) is 0. The highest BCUT2D eigenvalue weighted by atomic mass is 16.6. The lowest BCUT2D eigenvalue weighted by Crippen LogP contribution is -1.99. The van der Waals surface area contributed by atoms with Crippen LogP contribution in [0.3, 0.4) is 0 Å². The molecule has 0 aromatic carbocycles. The molecule has 1 aliphatic carbocycles. The summed E-state index contributed by atoms with van der Waals surface area (Å²) in [5, 5.41) is 10.2. The van der Waals surface area contributed by atoms with Gasteiger partial charge in [-0.05, 0) is 25.8 Å². The van der Waals surface area contributed by atoms with Crippen molar-refractivity contribution in [1.29, 1.82) is 0 Å². The second-order valence-corrected chi connectivity index (χ2v) is 2.42. The maximum absolute atomic E-state index is 10.2. The molecule has 0 amide bonds. The number of nitrogens with zero attached hydrogens (tertiary/aromatic N) is 1. The van der Waals surface area contributed by atoms with Crippen molar-refractivity contribution in [3.8, 4) is 0 Å². The van der Waals surface area contributed by atoms with Crippen LogP contribution in [0.15, 0.2) is 23.4 Å². The first-order valence-corrected chi connectivity index (χ1v) is 3.22. The largest absolute Gasteiger partial charge is 0.265 e. The summed E-state index contributed by atoms with van der Waals surface area (Å²) in [5.41, 5.74) is 1.33. The van der Waals surface area contributed by atoms with E-state index in [0.29, 0.717) is 0 Å². The predicted molar refractivity (Wildman–Crippen MR) is 38.1 cm³/mol. The van der Waals surface area contributed by atoms with Crippen molar-refractivity contribution in [2.24, 2.45) is 0 Å². The monoisotopic (exact) mass is 139 g/mol. The lowest BCUT2D eigenvalue weighted by atomic mass is 10.1. The molecule has 10 heavy (non-hydrogen) atoms. The summed E-state index contributed by atoms with van der Waals surface area (Å²) in [6, 6.07) is 0. The zero-order valence-corrected chi connectivity index (χ0v) is 5.83. The van der Waals surface area contributed by atoms with Gasteiger partial charge in [0, 0.05) is 6.08 Å². The molecule has 1 rings (SSSR count). The fourth-order valence-corrected chi connectivity index (χ4v) is 0.959. The molecule has 1 aliphatic rings. The van der Waals surface area contributed by atoms with E-state index in [1.807, 2.05) is 6.92 Å². The Labute approximate surface area is 59.2 Å². The Morgan fingerprint density at radius 1 is 1.70 bits per heavy atom. The average molecular weight is 139 g/mol. The van der Waals surface area contributed by atoms with Crippen molar-refractivity contribution in [3.05, 3.63) is 33.5 Å². The normalized spacial score (nSPS) is 17.7. The van der Waals surface area contributed by atoms with E-state index in [1.165, 1.54) is 0 Å². The van der Waals surface area contributed by atoms with E-state index < -0.39 is 0 Å². The van der Waals surface area contributed by atoms with E-state index in [-0.39, 0.29) is 10.6 Å². The number of hydrogen-bond acceptors (Lipinski definition) is 2. The van der Waals surface area contributed by atoms with Crippen LogP contribution in [0.2, 0.25) is 0 Å². The maximum Gasteiger partial charge on any atom is 0.265 e. The van der Waals surface area contributed by atoms with Gasteiger partial charge in [-0.25, -0.2) is 0 Å². The van der Waals surface area contributed by atoms with Crippen molar-refractivity contribution in [3.63, 3.8) is 0 Å². The van der Waals surface area contributed by atoms with Crippen molar-refractivity contribution in [2.45, 2.75) is 19.8 Å². The van der Waals surface area contributed by atoms with Gasteiger partial charge in [0.15, 0.2) is 0 Å². The molecule has 3 heteroatoms. The minimum Gasteiger partial charge on any atom is -0.258 e. The summed E-state index contributed by atoms with van der Waals surface area (Å²) >= 11 is 0. The molecule has 0 fully saturated rings. The van der Waals surface area contributed by atoms with Crippen LogP contribution in [-0.4, -0.2) is 4.92 Å².